The fraction of sp³-hybridized carbons (Fsp3) is 0.500. The van der Waals surface area contributed by atoms with Crippen molar-refractivity contribution in [3.8, 4) is 0 Å². The maximum absolute atomic E-state index is 12.2. The van der Waals surface area contributed by atoms with E-state index in [0.717, 1.165) is 18.5 Å². The summed E-state index contributed by atoms with van der Waals surface area (Å²) in [6.07, 6.45) is 0.740. The van der Waals surface area contributed by atoms with Crippen molar-refractivity contribution in [1.82, 2.24) is 10.6 Å². The summed E-state index contributed by atoms with van der Waals surface area (Å²) in [5.74, 6) is -0.161. The minimum absolute atomic E-state index is 0.00412. The highest BCUT2D eigenvalue weighted by atomic mass is 16.3. The summed E-state index contributed by atoms with van der Waals surface area (Å²) in [4.78, 5) is 12.2. The second kappa shape index (κ2) is 5.98. The molecule has 4 heteroatoms. The molecular formula is C14H20N2O2. The molecule has 0 bridgehead atoms. The Labute approximate surface area is 107 Å². The Balaban J connectivity index is 2.12. The predicted molar refractivity (Wildman–Crippen MR) is 70.2 cm³/mol. The number of benzene rings is 1. The quantitative estimate of drug-likeness (QED) is 0.737. The van der Waals surface area contributed by atoms with Crippen LogP contribution in [-0.2, 0) is 11.3 Å². The van der Waals surface area contributed by atoms with Crippen LogP contribution in [0.3, 0.4) is 0 Å². The van der Waals surface area contributed by atoms with Crippen LogP contribution in [0.15, 0.2) is 24.3 Å². The molecule has 1 unspecified atom stereocenters. The number of nitrogens with one attached hydrogen (secondary N) is 2. The molecule has 1 heterocycles. The van der Waals surface area contributed by atoms with Crippen LogP contribution in [0.25, 0.3) is 0 Å². The highest BCUT2D eigenvalue weighted by Gasteiger charge is 2.26. The number of aliphatic hydroxyl groups excluding tert-OH is 1. The number of rotatable bonds is 4. The minimum atomic E-state index is -0.157. The van der Waals surface area contributed by atoms with Gasteiger partial charge in [-0.25, -0.2) is 0 Å². The molecule has 0 fully saturated rings. The van der Waals surface area contributed by atoms with Gasteiger partial charge in [-0.3, -0.25) is 4.79 Å². The molecule has 0 saturated heterocycles. The van der Waals surface area contributed by atoms with E-state index in [1.165, 1.54) is 5.56 Å². The average Bonchev–Trinajstić information content (AvgIpc) is 2.43. The van der Waals surface area contributed by atoms with Crippen molar-refractivity contribution in [1.29, 1.82) is 0 Å². The van der Waals surface area contributed by atoms with Gasteiger partial charge in [-0.15, -0.1) is 0 Å². The Kier molecular flexibility index (Phi) is 4.33. The van der Waals surface area contributed by atoms with Gasteiger partial charge in [0, 0.05) is 13.1 Å². The maximum atomic E-state index is 12.2. The first-order chi connectivity index (χ1) is 8.76. The molecule has 0 saturated carbocycles. The zero-order chi connectivity index (χ0) is 13.0. The lowest BCUT2D eigenvalue weighted by molar-refractivity contribution is -0.123. The standard InChI is InChI=1S/C14H20N2O2/c1-2-11(9-17)16-14(18)13-8-15-7-10-5-3-4-6-12(10)13/h3-6,11,13,15,17H,2,7-9H2,1H3,(H,16,18)/t11-,13?/m1/s1. The zero-order valence-electron chi connectivity index (χ0n) is 10.6. The van der Waals surface area contributed by atoms with Crippen molar-refractivity contribution < 1.29 is 9.90 Å². The molecule has 0 aromatic heterocycles. The Morgan fingerprint density at radius 2 is 2.33 bits per heavy atom. The number of carbonyl (C=O) groups excluding carboxylic acids is 1. The number of carbonyl (C=O) groups is 1. The average molecular weight is 248 g/mol. The second-order valence-electron chi connectivity index (χ2n) is 4.68. The van der Waals surface area contributed by atoms with Gasteiger partial charge in [-0.2, -0.15) is 0 Å². The first kappa shape index (κ1) is 13.1. The van der Waals surface area contributed by atoms with E-state index in [4.69, 9.17) is 5.11 Å². The number of aliphatic hydroxyl groups is 1. The monoisotopic (exact) mass is 248 g/mol. The van der Waals surface area contributed by atoms with Gasteiger partial charge in [0.1, 0.15) is 0 Å². The molecule has 98 valence electrons. The lowest BCUT2D eigenvalue weighted by Crippen LogP contribution is -2.44. The molecule has 1 aliphatic heterocycles. The molecule has 1 amide bonds. The Morgan fingerprint density at radius 3 is 3.06 bits per heavy atom. The predicted octanol–water partition coefficient (Wildman–Crippen LogP) is 0.760. The normalized spacial score (nSPS) is 20.0. The lowest BCUT2D eigenvalue weighted by Gasteiger charge is -2.27. The van der Waals surface area contributed by atoms with Gasteiger partial charge in [0.25, 0.3) is 0 Å². The topological polar surface area (TPSA) is 61.4 Å². The van der Waals surface area contributed by atoms with Crippen LogP contribution in [0.1, 0.15) is 30.4 Å². The van der Waals surface area contributed by atoms with Crippen molar-refractivity contribution in [2.45, 2.75) is 31.8 Å². The van der Waals surface area contributed by atoms with E-state index >= 15 is 0 Å². The molecular weight excluding hydrogens is 228 g/mol. The van der Waals surface area contributed by atoms with Gasteiger partial charge >= 0.3 is 0 Å². The summed E-state index contributed by atoms with van der Waals surface area (Å²) in [6, 6.07) is 7.87. The second-order valence-corrected chi connectivity index (χ2v) is 4.68. The fourth-order valence-electron chi connectivity index (χ4n) is 2.31. The van der Waals surface area contributed by atoms with Crippen molar-refractivity contribution in [3.63, 3.8) is 0 Å². The minimum Gasteiger partial charge on any atom is -0.394 e. The van der Waals surface area contributed by atoms with Crippen LogP contribution in [0.5, 0.6) is 0 Å². The summed E-state index contributed by atoms with van der Waals surface area (Å²) in [5.41, 5.74) is 2.28. The van der Waals surface area contributed by atoms with E-state index in [0.29, 0.717) is 6.54 Å². The molecule has 1 aromatic carbocycles. The Hall–Kier alpha value is -1.39. The Morgan fingerprint density at radius 1 is 1.56 bits per heavy atom. The molecule has 0 spiro atoms. The summed E-state index contributed by atoms with van der Waals surface area (Å²) in [5, 5.41) is 15.3. The maximum Gasteiger partial charge on any atom is 0.229 e. The smallest absolute Gasteiger partial charge is 0.229 e. The van der Waals surface area contributed by atoms with Crippen LogP contribution in [-0.4, -0.2) is 30.2 Å². The zero-order valence-corrected chi connectivity index (χ0v) is 10.6. The molecule has 2 rings (SSSR count). The van der Waals surface area contributed by atoms with Crippen LogP contribution in [0.4, 0.5) is 0 Å². The van der Waals surface area contributed by atoms with Crippen LogP contribution < -0.4 is 10.6 Å². The highest BCUT2D eigenvalue weighted by molar-refractivity contribution is 5.84. The number of amides is 1. The van der Waals surface area contributed by atoms with Gasteiger partial charge in [0.05, 0.1) is 18.6 Å². The number of hydrogen-bond acceptors (Lipinski definition) is 3. The summed E-state index contributed by atoms with van der Waals surface area (Å²) in [6.45, 7) is 3.42. The van der Waals surface area contributed by atoms with Gasteiger partial charge < -0.3 is 15.7 Å². The molecule has 18 heavy (non-hydrogen) atoms. The van der Waals surface area contributed by atoms with Crippen molar-refractivity contribution in [2.24, 2.45) is 0 Å². The molecule has 3 N–H and O–H groups in total. The molecule has 1 aromatic rings. The third-order valence-corrected chi connectivity index (χ3v) is 3.47. The summed E-state index contributed by atoms with van der Waals surface area (Å²) < 4.78 is 0. The van der Waals surface area contributed by atoms with E-state index in [9.17, 15) is 4.79 Å². The Bertz CT molecular complexity index is 416. The van der Waals surface area contributed by atoms with E-state index in [1.54, 1.807) is 0 Å². The molecule has 0 radical (unpaired) electrons. The van der Waals surface area contributed by atoms with Crippen LogP contribution in [0, 0.1) is 0 Å². The summed E-state index contributed by atoms with van der Waals surface area (Å²) >= 11 is 0. The molecule has 4 nitrogen and oxygen atoms in total. The first-order valence-corrected chi connectivity index (χ1v) is 6.46. The molecule has 2 atom stereocenters. The lowest BCUT2D eigenvalue weighted by atomic mass is 9.90. The van der Waals surface area contributed by atoms with E-state index < -0.39 is 0 Å². The van der Waals surface area contributed by atoms with Gasteiger partial charge in [-0.1, -0.05) is 31.2 Å². The highest BCUT2D eigenvalue weighted by Crippen LogP contribution is 2.23. The van der Waals surface area contributed by atoms with E-state index in [-0.39, 0.29) is 24.5 Å². The SMILES string of the molecule is CC[C@H](CO)NC(=O)C1CNCc2ccccc21. The third-order valence-electron chi connectivity index (χ3n) is 3.47. The van der Waals surface area contributed by atoms with Gasteiger partial charge in [0.15, 0.2) is 0 Å². The van der Waals surface area contributed by atoms with Gasteiger partial charge in [0.2, 0.25) is 5.91 Å². The van der Waals surface area contributed by atoms with E-state index in [2.05, 4.69) is 10.6 Å². The van der Waals surface area contributed by atoms with E-state index in [1.807, 2.05) is 31.2 Å². The van der Waals surface area contributed by atoms with Gasteiger partial charge in [-0.05, 0) is 17.5 Å². The first-order valence-electron chi connectivity index (χ1n) is 6.46. The largest absolute Gasteiger partial charge is 0.394 e. The van der Waals surface area contributed by atoms with Crippen LogP contribution >= 0.6 is 0 Å². The van der Waals surface area contributed by atoms with Crippen LogP contribution in [0.2, 0.25) is 0 Å². The third kappa shape index (κ3) is 2.71. The summed E-state index contributed by atoms with van der Waals surface area (Å²) in [7, 11) is 0. The van der Waals surface area contributed by atoms with Crippen molar-refractivity contribution in [2.75, 3.05) is 13.2 Å². The molecule has 0 aliphatic carbocycles. The molecule has 1 aliphatic rings. The fourth-order valence-corrected chi connectivity index (χ4v) is 2.31. The van der Waals surface area contributed by atoms with Crippen molar-refractivity contribution >= 4 is 5.91 Å². The number of hydrogen-bond donors (Lipinski definition) is 3. The number of fused-ring (bicyclic) bond motifs is 1. The van der Waals surface area contributed by atoms with Crippen molar-refractivity contribution in [3.05, 3.63) is 35.4 Å².